The Kier molecular flexibility index (Phi) is 4.35. The lowest BCUT2D eigenvalue weighted by Gasteiger charge is -2.05. The quantitative estimate of drug-likeness (QED) is 0.571. The Morgan fingerprint density at radius 1 is 1.26 bits per heavy atom. The minimum atomic E-state index is -0.219. The molecule has 1 heterocycles. The Hall–Kier alpha value is -2.08. The number of rotatable bonds is 6. The summed E-state index contributed by atoms with van der Waals surface area (Å²) in [4.78, 5) is 28.1. The van der Waals surface area contributed by atoms with Crippen molar-refractivity contribution in [3.63, 3.8) is 0 Å². The van der Waals surface area contributed by atoms with Gasteiger partial charge in [-0.15, -0.1) is 0 Å². The average molecular weight is 262 g/mol. The molecule has 0 aliphatic rings. The maximum Gasteiger partial charge on any atom is 0.323 e. The highest BCUT2D eigenvalue weighted by Gasteiger charge is 2.03. The van der Waals surface area contributed by atoms with Crippen LogP contribution in [0.1, 0.15) is 18.4 Å². The number of aromatic amines is 2. The zero-order chi connectivity index (χ0) is 13.7. The van der Waals surface area contributed by atoms with E-state index in [-0.39, 0.29) is 11.6 Å². The van der Waals surface area contributed by atoms with Crippen LogP contribution in [-0.4, -0.2) is 29.5 Å². The third-order valence-electron chi connectivity index (χ3n) is 2.90. The van der Waals surface area contributed by atoms with E-state index in [0.717, 1.165) is 29.6 Å². The van der Waals surface area contributed by atoms with E-state index in [9.17, 15) is 9.59 Å². The molecule has 0 unspecified atom stereocenters. The van der Waals surface area contributed by atoms with Crippen LogP contribution in [0, 0.1) is 0 Å². The molecule has 1 amide bonds. The van der Waals surface area contributed by atoms with Crippen LogP contribution in [0.4, 0.5) is 0 Å². The molecule has 0 bridgehead atoms. The summed E-state index contributed by atoms with van der Waals surface area (Å²) < 4.78 is 0. The van der Waals surface area contributed by atoms with E-state index < -0.39 is 0 Å². The standard InChI is InChI=1S/C13H18N4O2/c1-14-6-2-3-12(18)15-8-9-4-5-10-11(7-9)17-13(19)16-10/h4-5,7,14H,2-3,6,8H2,1H3,(H,15,18)(H2,16,17,19). The zero-order valence-electron chi connectivity index (χ0n) is 10.9. The molecule has 6 heteroatoms. The molecule has 19 heavy (non-hydrogen) atoms. The number of nitrogens with one attached hydrogen (secondary N) is 4. The number of benzene rings is 1. The second-order valence-electron chi connectivity index (χ2n) is 4.44. The van der Waals surface area contributed by atoms with E-state index in [1.165, 1.54) is 0 Å². The number of aromatic nitrogens is 2. The first kappa shape index (κ1) is 13.4. The SMILES string of the molecule is CNCCCC(=O)NCc1ccc2[nH]c(=O)[nH]c2c1. The van der Waals surface area contributed by atoms with Crippen LogP contribution in [-0.2, 0) is 11.3 Å². The average Bonchev–Trinajstić information content (AvgIpc) is 2.76. The number of carbonyl (C=O) groups is 1. The number of fused-ring (bicyclic) bond motifs is 1. The van der Waals surface area contributed by atoms with Gasteiger partial charge >= 0.3 is 5.69 Å². The first-order chi connectivity index (χ1) is 9.19. The van der Waals surface area contributed by atoms with Crippen molar-refractivity contribution >= 4 is 16.9 Å². The summed E-state index contributed by atoms with van der Waals surface area (Å²) in [6, 6.07) is 5.58. The Morgan fingerprint density at radius 2 is 2.05 bits per heavy atom. The van der Waals surface area contributed by atoms with Crippen molar-refractivity contribution in [2.24, 2.45) is 0 Å². The summed E-state index contributed by atoms with van der Waals surface area (Å²) in [6.07, 6.45) is 1.34. The van der Waals surface area contributed by atoms with Gasteiger partial charge in [0.2, 0.25) is 5.91 Å². The second kappa shape index (κ2) is 6.19. The van der Waals surface area contributed by atoms with E-state index in [0.29, 0.717) is 13.0 Å². The van der Waals surface area contributed by atoms with Crippen molar-refractivity contribution in [3.8, 4) is 0 Å². The maximum absolute atomic E-state index is 11.6. The maximum atomic E-state index is 11.6. The molecule has 0 radical (unpaired) electrons. The Morgan fingerprint density at radius 3 is 2.84 bits per heavy atom. The lowest BCUT2D eigenvalue weighted by molar-refractivity contribution is -0.121. The molecule has 6 nitrogen and oxygen atoms in total. The largest absolute Gasteiger partial charge is 0.352 e. The number of hydrogen-bond acceptors (Lipinski definition) is 3. The topological polar surface area (TPSA) is 89.8 Å². The van der Waals surface area contributed by atoms with Gasteiger partial charge in [0, 0.05) is 13.0 Å². The Bertz CT molecular complexity index is 614. The fourth-order valence-corrected chi connectivity index (χ4v) is 1.90. The summed E-state index contributed by atoms with van der Waals surface area (Å²) in [5.74, 6) is 0.0397. The van der Waals surface area contributed by atoms with E-state index in [1.54, 1.807) is 0 Å². The molecule has 1 aromatic carbocycles. The van der Waals surface area contributed by atoms with Gasteiger partial charge in [0.05, 0.1) is 11.0 Å². The minimum absolute atomic E-state index is 0.0397. The lowest BCUT2D eigenvalue weighted by Crippen LogP contribution is -2.23. The predicted molar refractivity (Wildman–Crippen MR) is 73.9 cm³/mol. The fourth-order valence-electron chi connectivity index (χ4n) is 1.90. The van der Waals surface area contributed by atoms with Gasteiger partial charge in [-0.25, -0.2) is 4.79 Å². The molecule has 4 N–H and O–H groups in total. The monoisotopic (exact) mass is 262 g/mol. The summed E-state index contributed by atoms with van der Waals surface area (Å²) in [5.41, 5.74) is 2.27. The highest BCUT2D eigenvalue weighted by Crippen LogP contribution is 2.09. The summed E-state index contributed by atoms with van der Waals surface area (Å²) in [5, 5.41) is 5.86. The smallest absolute Gasteiger partial charge is 0.323 e. The normalized spacial score (nSPS) is 10.8. The molecule has 0 fully saturated rings. The molecule has 0 aliphatic carbocycles. The highest BCUT2D eigenvalue weighted by molar-refractivity contribution is 5.77. The first-order valence-corrected chi connectivity index (χ1v) is 6.31. The number of amides is 1. The van der Waals surface area contributed by atoms with Crippen LogP contribution in [0.5, 0.6) is 0 Å². The molecule has 0 atom stereocenters. The second-order valence-corrected chi connectivity index (χ2v) is 4.44. The van der Waals surface area contributed by atoms with Gasteiger partial charge in [-0.3, -0.25) is 4.79 Å². The van der Waals surface area contributed by atoms with Crippen molar-refractivity contribution in [1.29, 1.82) is 0 Å². The molecule has 2 aromatic rings. The fraction of sp³-hybridized carbons (Fsp3) is 0.385. The van der Waals surface area contributed by atoms with Gasteiger partial charge in [-0.2, -0.15) is 0 Å². The van der Waals surface area contributed by atoms with E-state index in [4.69, 9.17) is 0 Å². The van der Waals surface area contributed by atoms with Gasteiger partial charge < -0.3 is 20.6 Å². The van der Waals surface area contributed by atoms with Gasteiger partial charge in [-0.1, -0.05) is 6.07 Å². The van der Waals surface area contributed by atoms with Crippen LogP contribution < -0.4 is 16.3 Å². The number of H-pyrrole nitrogens is 2. The Labute approximate surface area is 110 Å². The van der Waals surface area contributed by atoms with Crippen LogP contribution in [0.15, 0.2) is 23.0 Å². The van der Waals surface area contributed by atoms with Crippen molar-refractivity contribution in [3.05, 3.63) is 34.2 Å². The molecule has 0 aliphatic heterocycles. The van der Waals surface area contributed by atoms with Crippen molar-refractivity contribution in [2.45, 2.75) is 19.4 Å². The summed E-state index contributed by atoms with van der Waals surface area (Å²) >= 11 is 0. The third kappa shape index (κ3) is 3.69. The molecular weight excluding hydrogens is 244 g/mol. The minimum Gasteiger partial charge on any atom is -0.352 e. The summed E-state index contributed by atoms with van der Waals surface area (Å²) in [6.45, 7) is 1.31. The van der Waals surface area contributed by atoms with Crippen LogP contribution in [0.2, 0.25) is 0 Å². The zero-order valence-corrected chi connectivity index (χ0v) is 10.9. The molecule has 102 valence electrons. The molecule has 1 aromatic heterocycles. The number of carbonyl (C=O) groups excluding carboxylic acids is 1. The van der Waals surface area contributed by atoms with E-state index >= 15 is 0 Å². The van der Waals surface area contributed by atoms with Gasteiger partial charge in [0.25, 0.3) is 0 Å². The third-order valence-corrected chi connectivity index (χ3v) is 2.90. The summed E-state index contributed by atoms with van der Waals surface area (Å²) in [7, 11) is 1.87. The highest BCUT2D eigenvalue weighted by atomic mass is 16.1. The molecule has 0 saturated carbocycles. The van der Waals surface area contributed by atoms with Crippen molar-refractivity contribution in [1.82, 2.24) is 20.6 Å². The van der Waals surface area contributed by atoms with Gasteiger partial charge in [0.1, 0.15) is 0 Å². The van der Waals surface area contributed by atoms with Crippen LogP contribution in [0.3, 0.4) is 0 Å². The van der Waals surface area contributed by atoms with Crippen molar-refractivity contribution < 1.29 is 4.79 Å². The van der Waals surface area contributed by atoms with E-state index in [2.05, 4.69) is 20.6 Å². The molecule has 2 rings (SSSR count). The van der Waals surface area contributed by atoms with Crippen LogP contribution in [0.25, 0.3) is 11.0 Å². The van der Waals surface area contributed by atoms with Crippen molar-refractivity contribution in [2.75, 3.05) is 13.6 Å². The molecular formula is C13H18N4O2. The van der Waals surface area contributed by atoms with E-state index in [1.807, 2.05) is 25.2 Å². The molecule has 0 saturated heterocycles. The predicted octanol–water partition coefficient (Wildman–Crippen LogP) is 0.472. The van der Waals surface area contributed by atoms with Gasteiger partial charge in [-0.05, 0) is 37.7 Å². The molecule has 0 spiro atoms. The van der Waals surface area contributed by atoms with Crippen LogP contribution >= 0.6 is 0 Å². The Balaban J connectivity index is 1.90. The first-order valence-electron chi connectivity index (χ1n) is 6.31. The number of hydrogen-bond donors (Lipinski definition) is 4. The van der Waals surface area contributed by atoms with Gasteiger partial charge in [0.15, 0.2) is 0 Å². The number of imidazole rings is 1. The lowest BCUT2D eigenvalue weighted by atomic mass is 10.2.